The number of hydrogen-bond acceptors (Lipinski definition) is 4. The summed E-state index contributed by atoms with van der Waals surface area (Å²) in [5.74, 6) is 1.43. The molecule has 31 heavy (non-hydrogen) atoms. The second-order valence-electron chi connectivity index (χ2n) is 9.16. The van der Waals surface area contributed by atoms with Crippen LogP contribution in [0.2, 0.25) is 0 Å². The first-order valence-electron chi connectivity index (χ1n) is 11.3. The first kappa shape index (κ1) is 21.9. The Morgan fingerprint density at radius 3 is 2.61 bits per heavy atom. The van der Waals surface area contributed by atoms with E-state index in [1.807, 2.05) is 29.2 Å². The average Bonchev–Trinajstić information content (AvgIpc) is 3.48. The van der Waals surface area contributed by atoms with E-state index >= 15 is 0 Å². The van der Waals surface area contributed by atoms with Crippen LogP contribution < -0.4 is 4.74 Å². The van der Waals surface area contributed by atoms with E-state index in [9.17, 15) is 9.59 Å². The van der Waals surface area contributed by atoms with E-state index in [1.165, 1.54) is 16.0 Å². The lowest BCUT2D eigenvalue weighted by molar-refractivity contribution is -0.143. The molecule has 2 aromatic rings. The van der Waals surface area contributed by atoms with Gasteiger partial charge in [-0.25, -0.2) is 0 Å². The molecule has 1 aromatic carbocycles. The monoisotopic (exact) mass is 440 g/mol. The molecule has 1 saturated carbocycles. The molecule has 0 N–H and O–H groups in total. The maximum atomic E-state index is 13.4. The number of carbonyl (C=O) groups is 2. The molecule has 1 aromatic heterocycles. The molecule has 0 spiro atoms. The van der Waals surface area contributed by atoms with Gasteiger partial charge in [-0.1, -0.05) is 31.5 Å². The summed E-state index contributed by atoms with van der Waals surface area (Å²) in [6.07, 6.45) is 2.77. The SMILES string of the molecule is Cc1ccc(OCC2c3ccsc3CCN2C(=O)CN(CC(C)C)C(=O)C2CC2)cc1. The Kier molecular flexibility index (Phi) is 6.65. The minimum Gasteiger partial charge on any atom is -0.491 e. The molecule has 2 heterocycles. The van der Waals surface area contributed by atoms with Crippen molar-refractivity contribution < 1.29 is 14.3 Å². The molecule has 1 fully saturated rings. The number of amides is 2. The van der Waals surface area contributed by atoms with Crippen LogP contribution in [0.1, 0.15) is 48.7 Å². The van der Waals surface area contributed by atoms with Gasteiger partial charge in [0, 0.05) is 23.9 Å². The summed E-state index contributed by atoms with van der Waals surface area (Å²) < 4.78 is 6.10. The Balaban J connectivity index is 1.49. The molecule has 0 saturated heterocycles. The number of benzene rings is 1. The molecule has 1 aliphatic heterocycles. The Labute approximate surface area is 189 Å². The van der Waals surface area contributed by atoms with E-state index in [0.29, 0.717) is 25.6 Å². The lowest BCUT2D eigenvalue weighted by atomic mass is 10.00. The predicted octanol–water partition coefficient (Wildman–Crippen LogP) is 4.46. The third kappa shape index (κ3) is 5.29. The van der Waals surface area contributed by atoms with Crippen molar-refractivity contribution in [3.05, 3.63) is 51.7 Å². The molecule has 166 valence electrons. The maximum absolute atomic E-state index is 13.4. The summed E-state index contributed by atoms with van der Waals surface area (Å²) in [4.78, 5) is 31.2. The number of thiophene rings is 1. The highest BCUT2D eigenvalue weighted by Crippen LogP contribution is 2.35. The minimum atomic E-state index is -0.124. The topological polar surface area (TPSA) is 49.9 Å². The van der Waals surface area contributed by atoms with Gasteiger partial charge in [0.25, 0.3) is 0 Å². The molecule has 0 bridgehead atoms. The number of hydrogen-bond donors (Lipinski definition) is 0. The Morgan fingerprint density at radius 2 is 1.94 bits per heavy atom. The van der Waals surface area contributed by atoms with E-state index in [-0.39, 0.29) is 30.3 Å². The van der Waals surface area contributed by atoms with Crippen LogP contribution in [-0.2, 0) is 16.0 Å². The summed E-state index contributed by atoms with van der Waals surface area (Å²) in [5.41, 5.74) is 2.37. The van der Waals surface area contributed by atoms with Crippen molar-refractivity contribution in [1.29, 1.82) is 0 Å². The molecular formula is C25H32N2O3S. The van der Waals surface area contributed by atoms with Crippen molar-refractivity contribution in [3.8, 4) is 5.75 Å². The number of nitrogens with zero attached hydrogens (tertiary/aromatic N) is 2. The second kappa shape index (κ2) is 9.43. The Hall–Kier alpha value is -2.34. The first-order chi connectivity index (χ1) is 14.9. The number of carbonyl (C=O) groups excluding carboxylic acids is 2. The average molecular weight is 441 g/mol. The fourth-order valence-electron chi connectivity index (χ4n) is 4.20. The fraction of sp³-hybridized carbons (Fsp3) is 0.520. The van der Waals surface area contributed by atoms with Crippen LogP contribution in [0.5, 0.6) is 5.75 Å². The van der Waals surface area contributed by atoms with E-state index < -0.39 is 0 Å². The third-order valence-electron chi connectivity index (χ3n) is 5.99. The molecule has 1 aliphatic carbocycles. The highest BCUT2D eigenvalue weighted by molar-refractivity contribution is 7.10. The zero-order valence-corrected chi connectivity index (χ0v) is 19.5. The fourth-order valence-corrected chi connectivity index (χ4v) is 5.13. The largest absolute Gasteiger partial charge is 0.491 e. The molecule has 1 unspecified atom stereocenters. The molecule has 0 radical (unpaired) electrons. The predicted molar refractivity (Wildman–Crippen MR) is 123 cm³/mol. The van der Waals surface area contributed by atoms with Gasteiger partial charge in [0.1, 0.15) is 12.4 Å². The lowest BCUT2D eigenvalue weighted by Gasteiger charge is -2.37. The molecule has 2 aliphatic rings. The number of aryl methyl sites for hydroxylation is 1. The van der Waals surface area contributed by atoms with Crippen LogP contribution >= 0.6 is 11.3 Å². The van der Waals surface area contributed by atoms with Crippen molar-refractivity contribution in [2.75, 3.05) is 26.2 Å². The highest BCUT2D eigenvalue weighted by Gasteiger charge is 2.37. The summed E-state index contributed by atoms with van der Waals surface area (Å²) in [5, 5.41) is 2.10. The number of ether oxygens (including phenoxy) is 1. The zero-order chi connectivity index (χ0) is 22.0. The smallest absolute Gasteiger partial charge is 0.242 e. The van der Waals surface area contributed by atoms with E-state index in [2.05, 4.69) is 32.2 Å². The highest BCUT2D eigenvalue weighted by atomic mass is 32.1. The molecule has 6 heteroatoms. The van der Waals surface area contributed by atoms with Crippen molar-refractivity contribution in [3.63, 3.8) is 0 Å². The van der Waals surface area contributed by atoms with Crippen LogP contribution in [0, 0.1) is 18.8 Å². The summed E-state index contributed by atoms with van der Waals surface area (Å²) in [7, 11) is 0. The van der Waals surface area contributed by atoms with Crippen LogP contribution in [0.25, 0.3) is 0 Å². The normalized spacial score (nSPS) is 18.1. The standard InChI is InChI=1S/C25H32N2O3S/c1-17(2)14-26(25(29)19-6-7-19)15-24(28)27-12-10-23-21(11-13-31-23)22(27)16-30-20-8-4-18(3)5-9-20/h4-5,8-9,11,13,17,19,22H,6-7,10,12,14-16H2,1-3H3. The summed E-state index contributed by atoms with van der Waals surface area (Å²) >= 11 is 1.75. The van der Waals surface area contributed by atoms with Gasteiger partial charge in [-0.3, -0.25) is 9.59 Å². The lowest BCUT2D eigenvalue weighted by Crippen LogP contribution is -2.48. The van der Waals surface area contributed by atoms with E-state index in [0.717, 1.165) is 25.0 Å². The number of fused-ring (bicyclic) bond motifs is 1. The van der Waals surface area contributed by atoms with Gasteiger partial charge in [-0.2, -0.15) is 0 Å². The van der Waals surface area contributed by atoms with Gasteiger partial charge < -0.3 is 14.5 Å². The van der Waals surface area contributed by atoms with Crippen LogP contribution in [0.3, 0.4) is 0 Å². The van der Waals surface area contributed by atoms with Crippen LogP contribution in [0.4, 0.5) is 0 Å². The summed E-state index contributed by atoms with van der Waals surface area (Å²) in [6.45, 7) is 8.11. The maximum Gasteiger partial charge on any atom is 0.242 e. The minimum absolute atomic E-state index is 0.0176. The van der Waals surface area contributed by atoms with Gasteiger partial charge in [0.2, 0.25) is 11.8 Å². The molecule has 5 nitrogen and oxygen atoms in total. The first-order valence-corrected chi connectivity index (χ1v) is 12.1. The van der Waals surface area contributed by atoms with Crippen LogP contribution in [-0.4, -0.2) is 47.9 Å². The van der Waals surface area contributed by atoms with Crippen LogP contribution in [0.15, 0.2) is 35.7 Å². The third-order valence-corrected chi connectivity index (χ3v) is 6.99. The molecule has 1 atom stereocenters. The Morgan fingerprint density at radius 1 is 1.19 bits per heavy atom. The van der Waals surface area contributed by atoms with Gasteiger partial charge >= 0.3 is 0 Å². The van der Waals surface area contributed by atoms with Crippen molar-refractivity contribution in [1.82, 2.24) is 9.80 Å². The number of rotatable bonds is 8. The Bertz CT molecular complexity index is 917. The molecule has 2 amide bonds. The van der Waals surface area contributed by atoms with E-state index in [4.69, 9.17) is 4.74 Å². The van der Waals surface area contributed by atoms with Gasteiger partial charge in [0.15, 0.2) is 0 Å². The molecule has 4 rings (SSSR count). The van der Waals surface area contributed by atoms with Gasteiger partial charge in [-0.15, -0.1) is 11.3 Å². The summed E-state index contributed by atoms with van der Waals surface area (Å²) in [6, 6.07) is 9.99. The van der Waals surface area contributed by atoms with Gasteiger partial charge in [-0.05, 0) is 61.2 Å². The van der Waals surface area contributed by atoms with Gasteiger partial charge in [0.05, 0.1) is 12.6 Å². The molecular weight excluding hydrogens is 408 g/mol. The quantitative estimate of drug-likeness (QED) is 0.609. The van der Waals surface area contributed by atoms with E-state index in [1.54, 1.807) is 16.2 Å². The van der Waals surface area contributed by atoms with Crippen molar-refractivity contribution in [2.24, 2.45) is 11.8 Å². The van der Waals surface area contributed by atoms with Crippen molar-refractivity contribution in [2.45, 2.75) is 46.1 Å². The zero-order valence-electron chi connectivity index (χ0n) is 18.7. The van der Waals surface area contributed by atoms with Crippen molar-refractivity contribution >= 4 is 23.2 Å². The second-order valence-corrected chi connectivity index (χ2v) is 10.2.